The minimum Gasteiger partial charge on any atom is -0.338 e. The first-order chi connectivity index (χ1) is 10.2. The molecule has 3 N–H and O–H groups in total. The molecular formula is C18H35N3O. The topological polar surface area (TPSA) is 58.4 Å². The van der Waals surface area contributed by atoms with Crippen LogP contribution in [-0.4, -0.2) is 34.6 Å². The van der Waals surface area contributed by atoms with Crippen molar-refractivity contribution in [1.82, 2.24) is 10.2 Å². The monoisotopic (exact) mass is 309 g/mol. The number of rotatable bonds is 3. The lowest BCUT2D eigenvalue weighted by Gasteiger charge is -2.54. The summed E-state index contributed by atoms with van der Waals surface area (Å²) in [6.45, 7) is 9.34. The Morgan fingerprint density at radius 3 is 2.18 bits per heavy atom. The molecule has 4 nitrogen and oxygen atoms in total. The Bertz CT molecular complexity index is 368. The predicted molar refractivity (Wildman–Crippen MR) is 91.8 cm³/mol. The van der Waals surface area contributed by atoms with E-state index in [0.717, 1.165) is 31.7 Å². The summed E-state index contributed by atoms with van der Waals surface area (Å²) in [5.74, 6) is 0.810. The molecule has 0 atom stereocenters. The first-order valence-corrected chi connectivity index (χ1v) is 9.06. The van der Waals surface area contributed by atoms with Gasteiger partial charge in [0.1, 0.15) is 0 Å². The highest BCUT2D eigenvalue weighted by molar-refractivity contribution is 5.76. The molecule has 1 saturated carbocycles. The lowest BCUT2D eigenvalue weighted by molar-refractivity contribution is 0.00306. The standard InChI is InChI=1S/C18H35N3O/c1-17(2)12-15(19)13-18(3,4)21(17)16(22)20-11-10-14-8-6-5-7-9-14/h14-15H,5-13,19H2,1-4H3,(H,20,22). The number of carbonyl (C=O) groups is 1. The first kappa shape index (κ1) is 17.6. The van der Waals surface area contributed by atoms with Crippen molar-refractivity contribution in [2.24, 2.45) is 11.7 Å². The fourth-order valence-electron chi connectivity index (χ4n) is 4.85. The normalized spacial score (nSPS) is 26.0. The van der Waals surface area contributed by atoms with Crippen molar-refractivity contribution >= 4 is 6.03 Å². The summed E-state index contributed by atoms with van der Waals surface area (Å²) < 4.78 is 0. The van der Waals surface area contributed by atoms with E-state index in [4.69, 9.17) is 5.73 Å². The zero-order chi connectivity index (χ0) is 16.4. The first-order valence-electron chi connectivity index (χ1n) is 9.06. The number of hydrogen-bond donors (Lipinski definition) is 2. The molecular weight excluding hydrogens is 274 g/mol. The van der Waals surface area contributed by atoms with E-state index in [1.807, 2.05) is 4.90 Å². The molecule has 1 aliphatic heterocycles. The molecule has 2 fully saturated rings. The molecule has 1 heterocycles. The van der Waals surface area contributed by atoms with Gasteiger partial charge in [-0.15, -0.1) is 0 Å². The SMILES string of the molecule is CC1(C)CC(N)CC(C)(C)N1C(=O)NCCC1CCCCC1. The molecule has 22 heavy (non-hydrogen) atoms. The zero-order valence-electron chi connectivity index (χ0n) is 15.0. The second-order valence-corrected chi connectivity index (χ2v) is 8.65. The summed E-state index contributed by atoms with van der Waals surface area (Å²) in [6, 6.07) is 0.258. The number of urea groups is 1. The molecule has 0 spiro atoms. The van der Waals surface area contributed by atoms with E-state index in [2.05, 4.69) is 33.0 Å². The fraction of sp³-hybridized carbons (Fsp3) is 0.944. The molecule has 0 bridgehead atoms. The lowest BCUT2D eigenvalue weighted by atomic mass is 9.77. The van der Waals surface area contributed by atoms with Crippen molar-refractivity contribution in [3.05, 3.63) is 0 Å². The summed E-state index contributed by atoms with van der Waals surface area (Å²) in [6.07, 6.45) is 9.65. The van der Waals surface area contributed by atoms with Crippen LogP contribution < -0.4 is 11.1 Å². The highest BCUT2D eigenvalue weighted by atomic mass is 16.2. The van der Waals surface area contributed by atoms with Crippen molar-refractivity contribution in [1.29, 1.82) is 0 Å². The van der Waals surface area contributed by atoms with Gasteiger partial charge in [-0.25, -0.2) is 4.79 Å². The van der Waals surface area contributed by atoms with Gasteiger partial charge in [-0.1, -0.05) is 32.1 Å². The van der Waals surface area contributed by atoms with Gasteiger partial charge in [-0.05, 0) is 52.9 Å². The summed E-state index contributed by atoms with van der Waals surface area (Å²) in [4.78, 5) is 14.8. The van der Waals surface area contributed by atoms with Gasteiger partial charge in [0.25, 0.3) is 0 Å². The van der Waals surface area contributed by atoms with Crippen LogP contribution in [0.4, 0.5) is 4.79 Å². The van der Waals surface area contributed by atoms with Gasteiger partial charge in [-0.3, -0.25) is 0 Å². The molecule has 0 aromatic rings. The predicted octanol–water partition coefficient (Wildman–Crippen LogP) is 3.65. The molecule has 0 aromatic carbocycles. The largest absolute Gasteiger partial charge is 0.338 e. The number of hydrogen-bond acceptors (Lipinski definition) is 2. The van der Waals surface area contributed by atoms with Crippen LogP contribution in [0.5, 0.6) is 0 Å². The lowest BCUT2D eigenvalue weighted by Crippen LogP contribution is -2.67. The van der Waals surface area contributed by atoms with E-state index in [1.165, 1.54) is 32.1 Å². The molecule has 4 heteroatoms. The number of amides is 2. The number of likely N-dealkylation sites (tertiary alicyclic amines) is 1. The highest BCUT2D eigenvalue weighted by Gasteiger charge is 2.46. The second kappa shape index (κ2) is 6.77. The van der Waals surface area contributed by atoms with E-state index in [1.54, 1.807) is 0 Å². The van der Waals surface area contributed by atoms with E-state index >= 15 is 0 Å². The fourth-order valence-corrected chi connectivity index (χ4v) is 4.85. The minimum absolute atomic E-state index is 0.0812. The minimum atomic E-state index is -0.184. The van der Waals surface area contributed by atoms with Crippen molar-refractivity contribution < 1.29 is 4.79 Å². The van der Waals surface area contributed by atoms with Gasteiger partial charge >= 0.3 is 6.03 Å². The van der Waals surface area contributed by atoms with E-state index in [0.29, 0.717) is 0 Å². The number of nitrogens with one attached hydrogen (secondary N) is 1. The molecule has 0 unspecified atom stereocenters. The number of nitrogens with two attached hydrogens (primary N) is 1. The maximum Gasteiger partial charge on any atom is 0.318 e. The molecule has 2 aliphatic rings. The number of nitrogens with zero attached hydrogens (tertiary/aromatic N) is 1. The van der Waals surface area contributed by atoms with Crippen LogP contribution >= 0.6 is 0 Å². The van der Waals surface area contributed by atoms with Crippen LogP contribution in [0.3, 0.4) is 0 Å². The Morgan fingerprint density at radius 1 is 1.09 bits per heavy atom. The average Bonchev–Trinajstić information content (AvgIpc) is 2.36. The smallest absolute Gasteiger partial charge is 0.318 e. The quantitative estimate of drug-likeness (QED) is 0.836. The summed E-state index contributed by atoms with van der Waals surface area (Å²) in [7, 11) is 0. The average molecular weight is 309 g/mol. The third kappa shape index (κ3) is 4.15. The molecule has 2 rings (SSSR count). The second-order valence-electron chi connectivity index (χ2n) is 8.65. The van der Waals surface area contributed by atoms with Gasteiger partial charge < -0.3 is 16.0 Å². The Kier molecular flexibility index (Phi) is 5.41. The third-order valence-corrected chi connectivity index (χ3v) is 5.49. The summed E-state index contributed by atoms with van der Waals surface area (Å²) >= 11 is 0. The van der Waals surface area contributed by atoms with Crippen LogP contribution in [0.25, 0.3) is 0 Å². The molecule has 1 aliphatic carbocycles. The molecule has 1 saturated heterocycles. The Balaban J connectivity index is 1.89. The van der Waals surface area contributed by atoms with Gasteiger partial charge in [0.15, 0.2) is 0 Å². The molecule has 2 amide bonds. The van der Waals surface area contributed by atoms with Crippen molar-refractivity contribution in [2.45, 2.75) is 96.2 Å². The Hall–Kier alpha value is -0.770. The molecule has 0 radical (unpaired) electrons. The zero-order valence-corrected chi connectivity index (χ0v) is 15.0. The van der Waals surface area contributed by atoms with Gasteiger partial charge in [0, 0.05) is 23.7 Å². The molecule has 0 aromatic heterocycles. The van der Waals surface area contributed by atoms with E-state index in [9.17, 15) is 4.79 Å². The van der Waals surface area contributed by atoms with E-state index < -0.39 is 0 Å². The maximum atomic E-state index is 12.8. The van der Waals surface area contributed by atoms with Crippen LogP contribution in [0.1, 0.15) is 79.1 Å². The van der Waals surface area contributed by atoms with Gasteiger partial charge in [-0.2, -0.15) is 0 Å². The Morgan fingerprint density at radius 2 is 1.64 bits per heavy atom. The van der Waals surface area contributed by atoms with Crippen molar-refractivity contribution in [2.75, 3.05) is 6.54 Å². The van der Waals surface area contributed by atoms with Crippen molar-refractivity contribution in [3.63, 3.8) is 0 Å². The summed E-state index contributed by atoms with van der Waals surface area (Å²) in [5.41, 5.74) is 5.82. The molecule has 128 valence electrons. The highest BCUT2D eigenvalue weighted by Crippen LogP contribution is 2.37. The van der Waals surface area contributed by atoms with Gasteiger partial charge in [0.05, 0.1) is 0 Å². The number of piperidine rings is 1. The summed E-state index contributed by atoms with van der Waals surface area (Å²) in [5, 5.41) is 3.17. The van der Waals surface area contributed by atoms with E-state index in [-0.39, 0.29) is 23.2 Å². The number of carbonyl (C=O) groups excluding carboxylic acids is 1. The van der Waals surface area contributed by atoms with Crippen LogP contribution in [0.2, 0.25) is 0 Å². The van der Waals surface area contributed by atoms with Crippen molar-refractivity contribution in [3.8, 4) is 0 Å². The van der Waals surface area contributed by atoms with Gasteiger partial charge in [0.2, 0.25) is 0 Å². The van der Waals surface area contributed by atoms with Crippen LogP contribution in [0, 0.1) is 5.92 Å². The van der Waals surface area contributed by atoms with Crippen LogP contribution in [-0.2, 0) is 0 Å². The van der Waals surface area contributed by atoms with Crippen LogP contribution in [0.15, 0.2) is 0 Å². The third-order valence-electron chi connectivity index (χ3n) is 5.49. The maximum absolute atomic E-state index is 12.8. The Labute approximate surface area is 136 Å².